The smallest absolute Gasteiger partial charge is 0.191 e. The molecule has 8 heteroatoms. The maximum absolute atomic E-state index is 6.14. The molecule has 1 aliphatic heterocycles. The fraction of sp³-hybridized carbons (Fsp3) is 0. The minimum atomic E-state index is 0.121. The van der Waals surface area contributed by atoms with Gasteiger partial charge in [-0.1, -0.05) is 46.4 Å². The Hall–Kier alpha value is 0.160. The highest BCUT2D eigenvalue weighted by Gasteiger charge is 2.30. The predicted octanol–water partition coefficient (Wildman–Crippen LogP) is 7.72. The summed E-state index contributed by atoms with van der Waals surface area (Å²) in [6.07, 6.45) is 0. The van der Waals surface area contributed by atoms with Crippen molar-refractivity contribution in [2.75, 3.05) is 0 Å². The van der Waals surface area contributed by atoms with Crippen LogP contribution in [0.1, 0.15) is 0 Å². The van der Waals surface area contributed by atoms with Crippen LogP contribution in [-0.4, -0.2) is 0 Å². The van der Waals surface area contributed by atoms with Crippen LogP contribution in [0.2, 0.25) is 20.1 Å². The third-order valence-electron chi connectivity index (χ3n) is 2.61. The molecule has 1 heterocycles. The molecule has 2 aromatic carbocycles. The number of benzene rings is 2. The van der Waals surface area contributed by atoms with Gasteiger partial charge in [-0.15, -0.1) is 0 Å². The SMILES string of the molecule is Clc1c(Cl)c(Cl)c2c(c1Cl)Oc1ccc(Br)c(Br)c1O2. The standard InChI is InChI=1S/C12H2Br2Cl4O2/c13-3-1-2-4-10(5(3)14)20-12-9(18)7(16)6(15)8(17)11(12)19-4/h1-2H. The molecule has 0 radical (unpaired) electrons. The number of rotatable bonds is 0. The lowest BCUT2D eigenvalue weighted by molar-refractivity contribution is 0.358. The fourth-order valence-electron chi connectivity index (χ4n) is 1.68. The highest BCUT2D eigenvalue weighted by Crippen LogP contribution is 2.58. The highest BCUT2D eigenvalue weighted by atomic mass is 79.9. The van der Waals surface area contributed by atoms with Crippen LogP contribution in [0.4, 0.5) is 0 Å². The summed E-state index contributed by atoms with van der Waals surface area (Å²) in [5, 5.41) is 0.546. The zero-order valence-corrected chi connectivity index (χ0v) is 15.4. The van der Waals surface area contributed by atoms with Crippen LogP contribution in [0.3, 0.4) is 0 Å². The lowest BCUT2D eigenvalue weighted by atomic mass is 10.2. The van der Waals surface area contributed by atoms with Gasteiger partial charge in [-0.2, -0.15) is 0 Å². The second-order valence-electron chi connectivity index (χ2n) is 3.81. The van der Waals surface area contributed by atoms with Gasteiger partial charge in [0.1, 0.15) is 10.0 Å². The Morgan fingerprint density at radius 3 is 1.85 bits per heavy atom. The Morgan fingerprint density at radius 1 is 0.700 bits per heavy atom. The van der Waals surface area contributed by atoms with E-state index >= 15 is 0 Å². The van der Waals surface area contributed by atoms with Crippen LogP contribution in [-0.2, 0) is 0 Å². The van der Waals surface area contributed by atoms with Crippen molar-refractivity contribution in [3.05, 3.63) is 41.2 Å². The molecule has 2 nitrogen and oxygen atoms in total. The second kappa shape index (κ2) is 5.41. The van der Waals surface area contributed by atoms with Gasteiger partial charge in [-0.25, -0.2) is 0 Å². The maximum Gasteiger partial charge on any atom is 0.191 e. The van der Waals surface area contributed by atoms with E-state index in [0.717, 1.165) is 4.47 Å². The third-order valence-corrected chi connectivity index (χ3v) is 6.36. The van der Waals surface area contributed by atoms with Gasteiger partial charge in [0.05, 0.1) is 14.5 Å². The normalized spacial score (nSPS) is 12.3. The summed E-state index contributed by atoms with van der Waals surface area (Å²) < 4.78 is 13.0. The summed E-state index contributed by atoms with van der Waals surface area (Å²) in [5.41, 5.74) is 0. The average molecular weight is 480 g/mol. The minimum absolute atomic E-state index is 0.121. The van der Waals surface area contributed by atoms with Gasteiger partial charge in [0.25, 0.3) is 0 Å². The first kappa shape index (κ1) is 15.1. The van der Waals surface area contributed by atoms with E-state index in [1.807, 2.05) is 6.07 Å². The number of fused-ring (bicyclic) bond motifs is 2. The van der Waals surface area contributed by atoms with Crippen LogP contribution in [0.5, 0.6) is 23.0 Å². The summed E-state index contributed by atoms with van der Waals surface area (Å²) in [5.74, 6) is 1.44. The second-order valence-corrected chi connectivity index (χ2v) is 6.97. The van der Waals surface area contributed by atoms with Crippen molar-refractivity contribution < 1.29 is 9.47 Å². The molecule has 0 atom stereocenters. The Balaban J connectivity index is 2.26. The van der Waals surface area contributed by atoms with Crippen LogP contribution in [0, 0.1) is 0 Å². The highest BCUT2D eigenvalue weighted by molar-refractivity contribution is 9.13. The molecule has 0 spiro atoms. The molecule has 3 rings (SSSR count). The van der Waals surface area contributed by atoms with Crippen LogP contribution >= 0.6 is 78.3 Å². The van der Waals surface area contributed by atoms with Gasteiger partial charge in [-0.05, 0) is 44.0 Å². The first-order chi connectivity index (χ1) is 9.41. The summed E-state index contributed by atoms with van der Waals surface area (Å²) in [6.45, 7) is 0. The van der Waals surface area contributed by atoms with Crippen molar-refractivity contribution >= 4 is 78.3 Å². The fourth-order valence-corrected chi connectivity index (χ4v) is 3.29. The van der Waals surface area contributed by atoms with Crippen molar-refractivity contribution in [3.8, 4) is 23.0 Å². The zero-order chi connectivity index (χ0) is 14.6. The Morgan fingerprint density at radius 2 is 1.25 bits per heavy atom. The number of halogens is 6. The molecule has 0 unspecified atom stereocenters. The molecular formula is C12H2Br2Cl4O2. The summed E-state index contributed by atoms with van der Waals surface area (Å²) >= 11 is 31.1. The van der Waals surface area contributed by atoms with Crippen molar-refractivity contribution in [1.82, 2.24) is 0 Å². The van der Waals surface area contributed by atoms with E-state index in [4.69, 9.17) is 55.9 Å². The predicted molar refractivity (Wildman–Crippen MR) is 88.5 cm³/mol. The first-order valence-corrected chi connectivity index (χ1v) is 8.21. The van der Waals surface area contributed by atoms with Crippen molar-refractivity contribution in [2.24, 2.45) is 0 Å². The van der Waals surface area contributed by atoms with E-state index in [1.54, 1.807) is 6.07 Å². The van der Waals surface area contributed by atoms with Crippen molar-refractivity contribution in [1.29, 1.82) is 0 Å². The third kappa shape index (κ3) is 2.21. The van der Waals surface area contributed by atoms with Crippen LogP contribution in [0.25, 0.3) is 0 Å². The zero-order valence-electron chi connectivity index (χ0n) is 9.24. The number of ether oxygens (including phenoxy) is 2. The summed E-state index contributed by atoms with van der Waals surface area (Å²) in [6, 6.07) is 3.55. The quantitative estimate of drug-likeness (QED) is 0.243. The monoisotopic (exact) mass is 476 g/mol. The lowest BCUT2D eigenvalue weighted by Crippen LogP contribution is -2.02. The topological polar surface area (TPSA) is 18.5 Å². The Bertz CT molecular complexity index is 749. The van der Waals surface area contributed by atoms with Gasteiger partial charge >= 0.3 is 0 Å². The molecule has 2 aromatic rings. The molecule has 0 N–H and O–H groups in total. The van der Waals surface area contributed by atoms with E-state index in [-0.39, 0.29) is 31.6 Å². The van der Waals surface area contributed by atoms with Crippen molar-refractivity contribution in [2.45, 2.75) is 0 Å². The van der Waals surface area contributed by atoms with Gasteiger partial charge in [0.2, 0.25) is 0 Å². The molecule has 0 saturated carbocycles. The van der Waals surface area contributed by atoms with E-state index in [2.05, 4.69) is 31.9 Å². The molecule has 0 fully saturated rings. The Labute approximate surface area is 151 Å². The van der Waals surface area contributed by atoms with E-state index in [1.165, 1.54) is 0 Å². The molecule has 0 bridgehead atoms. The molecule has 1 aliphatic rings. The van der Waals surface area contributed by atoms with E-state index in [0.29, 0.717) is 16.0 Å². The number of hydrogen-bond donors (Lipinski definition) is 0. The number of hydrogen-bond acceptors (Lipinski definition) is 2. The van der Waals surface area contributed by atoms with Gasteiger partial charge in [0, 0.05) is 4.47 Å². The van der Waals surface area contributed by atoms with Gasteiger partial charge in [0.15, 0.2) is 23.0 Å². The summed E-state index contributed by atoms with van der Waals surface area (Å²) in [7, 11) is 0. The van der Waals surface area contributed by atoms with Crippen molar-refractivity contribution in [3.63, 3.8) is 0 Å². The largest absolute Gasteiger partial charge is 0.448 e. The Kier molecular flexibility index (Phi) is 4.08. The molecule has 20 heavy (non-hydrogen) atoms. The van der Waals surface area contributed by atoms with Crippen LogP contribution < -0.4 is 9.47 Å². The lowest BCUT2D eigenvalue weighted by Gasteiger charge is -2.24. The molecule has 0 aromatic heterocycles. The molecule has 0 saturated heterocycles. The molecular weight excluding hydrogens is 478 g/mol. The van der Waals surface area contributed by atoms with Gasteiger partial charge < -0.3 is 9.47 Å². The molecule has 0 aliphatic carbocycles. The first-order valence-electron chi connectivity index (χ1n) is 5.11. The molecule has 0 amide bonds. The van der Waals surface area contributed by atoms with Gasteiger partial charge in [-0.3, -0.25) is 0 Å². The van der Waals surface area contributed by atoms with E-state index in [9.17, 15) is 0 Å². The average Bonchev–Trinajstić information content (AvgIpc) is 2.45. The summed E-state index contributed by atoms with van der Waals surface area (Å²) in [4.78, 5) is 0. The van der Waals surface area contributed by atoms with E-state index < -0.39 is 0 Å². The molecule has 104 valence electrons. The minimum Gasteiger partial charge on any atom is -0.448 e. The van der Waals surface area contributed by atoms with Crippen LogP contribution in [0.15, 0.2) is 21.1 Å². The maximum atomic E-state index is 6.14.